The van der Waals surface area contributed by atoms with E-state index in [0.29, 0.717) is 12.8 Å². The molecule has 1 rings (SSSR count). The highest BCUT2D eigenvalue weighted by molar-refractivity contribution is 5.84. The second-order valence-corrected chi connectivity index (χ2v) is 6.55. The number of carbonyl (C=O) groups is 3. The molecule has 0 aromatic carbocycles. The summed E-state index contributed by atoms with van der Waals surface area (Å²) >= 11 is 0. The van der Waals surface area contributed by atoms with E-state index in [4.69, 9.17) is 14.2 Å². The Balaban J connectivity index is 2.79. The number of rotatable bonds is 5. The third kappa shape index (κ3) is 4.61. The third-order valence-corrected chi connectivity index (χ3v) is 3.70. The molecular formula is C15H25NO6. The van der Waals surface area contributed by atoms with Crippen LogP contribution in [0.1, 0.15) is 46.5 Å². The van der Waals surface area contributed by atoms with Crippen molar-refractivity contribution < 1.29 is 28.6 Å². The van der Waals surface area contributed by atoms with Crippen LogP contribution in [0.3, 0.4) is 0 Å². The highest BCUT2D eigenvalue weighted by Gasteiger charge is 2.48. The molecule has 1 N–H and O–H groups in total. The first kappa shape index (κ1) is 18.3. The monoisotopic (exact) mass is 315 g/mol. The molecule has 0 aromatic heterocycles. The van der Waals surface area contributed by atoms with Gasteiger partial charge in [-0.15, -0.1) is 0 Å². The van der Waals surface area contributed by atoms with Crippen LogP contribution in [0, 0.1) is 5.41 Å². The van der Waals surface area contributed by atoms with Crippen LogP contribution in [0.5, 0.6) is 0 Å². The van der Waals surface area contributed by atoms with Crippen molar-refractivity contribution in [1.82, 2.24) is 5.32 Å². The van der Waals surface area contributed by atoms with Crippen LogP contribution in [0.2, 0.25) is 0 Å². The number of methoxy groups -OCH3 is 2. The fourth-order valence-corrected chi connectivity index (χ4v) is 2.49. The van der Waals surface area contributed by atoms with Gasteiger partial charge in [0.1, 0.15) is 11.6 Å². The summed E-state index contributed by atoms with van der Waals surface area (Å²) in [7, 11) is 2.55. The van der Waals surface area contributed by atoms with E-state index in [1.54, 1.807) is 20.8 Å². The van der Waals surface area contributed by atoms with Crippen LogP contribution in [0.15, 0.2) is 0 Å². The van der Waals surface area contributed by atoms with Crippen molar-refractivity contribution in [1.29, 1.82) is 0 Å². The maximum atomic E-state index is 12.0. The molecule has 22 heavy (non-hydrogen) atoms. The summed E-state index contributed by atoms with van der Waals surface area (Å²) in [5, 5.41) is 2.48. The lowest BCUT2D eigenvalue weighted by Crippen LogP contribution is -2.50. The van der Waals surface area contributed by atoms with E-state index >= 15 is 0 Å². The van der Waals surface area contributed by atoms with Crippen LogP contribution in [0.4, 0.5) is 4.79 Å². The summed E-state index contributed by atoms with van der Waals surface area (Å²) in [5.74, 6) is -0.973. The predicted molar refractivity (Wildman–Crippen MR) is 78.1 cm³/mol. The number of carbonyl (C=O) groups excluding carboxylic acids is 3. The molecule has 0 heterocycles. The molecule has 1 fully saturated rings. The largest absolute Gasteiger partial charge is 0.469 e. The standard InChI is InChI=1S/C15H25NO6/c1-14(2,3)22-13(19)16-10(11(17)20-4)9-15(7-6-8-15)12(18)21-5/h10H,6-9H2,1-5H3,(H,16,19). The Kier molecular flexibility index (Phi) is 5.79. The second-order valence-electron chi connectivity index (χ2n) is 6.55. The fourth-order valence-electron chi connectivity index (χ4n) is 2.49. The average molecular weight is 315 g/mol. The summed E-state index contributed by atoms with van der Waals surface area (Å²) in [4.78, 5) is 35.7. The second kappa shape index (κ2) is 6.98. The van der Waals surface area contributed by atoms with Crippen molar-refractivity contribution in [2.24, 2.45) is 5.41 Å². The topological polar surface area (TPSA) is 90.9 Å². The minimum absolute atomic E-state index is 0.144. The van der Waals surface area contributed by atoms with E-state index in [1.165, 1.54) is 14.2 Å². The van der Waals surface area contributed by atoms with Gasteiger partial charge in [0.2, 0.25) is 0 Å². The van der Waals surface area contributed by atoms with Gasteiger partial charge < -0.3 is 19.5 Å². The van der Waals surface area contributed by atoms with E-state index in [2.05, 4.69) is 5.32 Å². The average Bonchev–Trinajstić information content (AvgIpc) is 2.37. The maximum Gasteiger partial charge on any atom is 0.408 e. The highest BCUT2D eigenvalue weighted by atomic mass is 16.6. The Hall–Kier alpha value is -1.79. The van der Waals surface area contributed by atoms with Crippen LogP contribution in [0.25, 0.3) is 0 Å². The number of amides is 1. The summed E-state index contributed by atoms with van der Waals surface area (Å²) in [6, 6.07) is -0.945. The molecule has 0 aliphatic heterocycles. The molecule has 1 saturated carbocycles. The van der Waals surface area contributed by atoms with Crippen LogP contribution >= 0.6 is 0 Å². The van der Waals surface area contributed by atoms with Crippen molar-refractivity contribution in [3.63, 3.8) is 0 Å². The Labute approximate surface area is 130 Å². The number of ether oxygens (including phenoxy) is 3. The van der Waals surface area contributed by atoms with Crippen molar-refractivity contribution in [2.45, 2.75) is 58.1 Å². The summed E-state index contributed by atoms with van der Waals surface area (Å²) in [5.41, 5.74) is -1.41. The lowest BCUT2D eigenvalue weighted by molar-refractivity contribution is -0.161. The number of hydrogen-bond acceptors (Lipinski definition) is 6. The summed E-state index contributed by atoms with van der Waals surface area (Å²) in [6.45, 7) is 5.17. The summed E-state index contributed by atoms with van der Waals surface area (Å²) in [6.07, 6.45) is 1.56. The molecule has 0 aromatic rings. The molecule has 1 atom stereocenters. The Bertz CT molecular complexity index is 436. The first-order valence-electron chi connectivity index (χ1n) is 7.29. The van der Waals surface area contributed by atoms with Gasteiger partial charge in [-0.05, 0) is 40.0 Å². The molecule has 7 heteroatoms. The molecule has 7 nitrogen and oxygen atoms in total. The van der Waals surface area contributed by atoms with Gasteiger partial charge in [0.25, 0.3) is 0 Å². The van der Waals surface area contributed by atoms with Crippen molar-refractivity contribution in [3.8, 4) is 0 Å². The smallest absolute Gasteiger partial charge is 0.408 e. The molecule has 0 radical (unpaired) electrons. The maximum absolute atomic E-state index is 12.0. The lowest BCUT2D eigenvalue weighted by atomic mass is 9.65. The van der Waals surface area contributed by atoms with Gasteiger partial charge in [0, 0.05) is 0 Å². The minimum atomic E-state index is -0.945. The van der Waals surface area contributed by atoms with Gasteiger partial charge >= 0.3 is 18.0 Å². The van der Waals surface area contributed by atoms with Crippen LogP contribution in [-0.2, 0) is 23.8 Å². The van der Waals surface area contributed by atoms with Crippen LogP contribution in [-0.4, -0.2) is 43.9 Å². The van der Waals surface area contributed by atoms with Crippen LogP contribution < -0.4 is 5.32 Å². The Morgan fingerprint density at radius 1 is 1.14 bits per heavy atom. The first-order valence-corrected chi connectivity index (χ1v) is 7.29. The predicted octanol–water partition coefficient (Wildman–Crippen LogP) is 1.79. The highest BCUT2D eigenvalue weighted by Crippen LogP contribution is 2.45. The van der Waals surface area contributed by atoms with E-state index in [-0.39, 0.29) is 12.4 Å². The quantitative estimate of drug-likeness (QED) is 0.614. The third-order valence-electron chi connectivity index (χ3n) is 3.70. The van der Waals surface area contributed by atoms with Gasteiger partial charge in [-0.2, -0.15) is 0 Å². The zero-order valence-corrected chi connectivity index (χ0v) is 13.9. The van der Waals surface area contributed by atoms with Gasteiger partial charge in [-0.25, -0.2) is 9.59 Å². The van der Waals surface area contributed by atoms with Gasteiger partial charge in [0.15, 0.2) is 0 Å². The van der Waals surface area contributed by atoms with Crippen molar-refractivity contribution in [2.75, 3.05) is 14.2 Å². The first-order chi connectivity index (χ1) is 10.1. The molecule has 126 valence electrons. The molecule has 1 aliphatic carbocycles. The molecule has 1 unspecified atom stereocenters. The van der Waals surface area contributed by atoms with Gasteiger partial charge in [-0.1, -0.05) is 6.42 Å². The molecule has 0 saturated heterocycles. The number of alkyl carbamates (subject to hydrolysis) is 1. The zero-order chi connectivity index (χ0) is 17.0. The number of hydrogen-bond donors (Lipinski definition) is 1. The normalized spacial score (nSPS) is 17.7. The number of nitrogens with one attached hydrogen (secondary N) is 1. The van der Waals surface area contributed by atoms with Gasteiger partial charge in [0.05, 0.1) is 19.6 Å². The van der Waals surface area contributed by atoms with E-state index < -0.39 is 29.1 Å². The minimum Gasteiger partial charge on any atom is -0.469 e. The summed E-state index contributed by atoms with van der Waals surface area (Å²) < 4.78 is 14.7. The van der Waals surface area contributed by atoms with E-state index in [1.807, 2.05) is 0 Å². The van der Waals surface area contributed by atoms with E-state index in [0.717, 1.165) is 6.42 Å². The molecule has 1 aliphatic rings. The zero-order valence-electron chi connectivity index (χ0n) is 13.9. The van der Waals surface area contributed by atoms with Gasteiger partial charge in [-0.3, -0.25) is 4.79 Å². The molecular weight excluding hydrogens is 290 g/mol. The fraction of sp³-hybridized carbons (Fsp3) is 0.800. The Morgan fingerprint density at radius 2 is 1.73 bits per heavy atom. The molecule has 0 bridgehead atoms. The van der Waals surface area contributed by atoms with E-state index in [9.17, 15) is 14.4 Å². The van der Waals surface area contributed by atoms with Crippen molar-refractivity contribution >= 4 is 18.0 Å². The van der Waals surface area contributed by atoms with Crippen molar-refractivity contribution in [3.05, 3.63) is 0 Å². The lowest BCUT2D eigenvalue weighted by Gasteiger charge is -2.40. The molecule has 0 spiro atoms. The molecule has 1 amide bonds. The SMILES string of the molecule is COC(=O)C(CC1(C(=O)OC)CCC1)NC(=O)OC(C)(C)C. The number of esters is 2. The Morgan fingerprint density at radius 3 is 2.09 bits per heavy atom.